The number of amides is 3. The van der Waals surface area contributed by atoms with E-state index in [4.69, 9.17) is 0 Å². The second-order valence-corrected chi connectivity index (χ2v) is 5.32. The predicted octanol–water partition coefficient (Wildman–Crippen LogP) is 1.87. The van der Waals surface area contributed by atoms with Gasteiger partial charge in [-0.2, -0.15) is 0 Å². The first kappa shape index (κ1) is 13.2. The third-order valence-corrected chi connectivity index (χ3v) is 3.76. The van der Waals surface area contributed by atoms with Gasteiger partial charge in [0.15, 0.2) is 0 Å². The molecule has 1 saturated heterocycles. The van der Waals surface area contributed by atoms with Crippen LogP contribution in [0, 0.1) is 5.92 Å². The van der Waals surface area contributed by atoms with Crippen LogP contribution in [0.3, 0.4) is 0 Å². The number of imide groups is 1. The first-order chi connectivity index (χ1) is 8.23. The van der Waals surface area contributed by atoms with Gasteiger partial charge >= 0.3 is 13.0 Å². The smallest absolute Gasteiger partial charge is 0.448 e. The molecule has 1 saturated carbocycles. The monoisotopic (exact) mass is 263 g/mol. The summed E-state index contributed by atoms with van der Waals surface area (Å²) in [7, 11) is 0. The highest BCUT2D eigenvalue weighted by Gasteiger charge is 2.53. The summed E-state index contributed by atoms with van der Waals surface area (Å²) in [4.78, 5) is 23.9. The Balaban J connectivity index is 2.14. The van der Waals surface area contributed by atoms with E-state index in [1.807, 2.05) is 6.92 Å². The highest BCUT2D eigenvalue weighted by atomic mass is 19.4. The Kier molecular flexibility index (Phi) is 3.07. The van der Waals surface area contributed by atoms with Crippen LogP contribution in [0.25, 0.3) is 0 Å². The van der Waals surface area contributed by atoms with Crippen molar-refractivity contribution in [2.75, 3.05) is 6.44 Å². The average molecular weight is 263 g/mol. The summed E-state index contributed by atoms with van der Waals surface area (Å²) in [6, 6.07) is -0.909. The van der Waals surface area contributed by atoms with Crippen LogP contribution in [-0.4, -0.2) is 35.8 Å². The van der Waals surface area contributed by atoms with E-state index in [0.717, 1.165) is 12.8 Å². The molecule has 0 atom stereocenters. The van der Waals surface area contributed by atoms with Gasteiger partial charge < -0.3 is 18.3 Å². The molecule has 4 nitrogen and oxygen atoms in total. The van der Waals surface area contributed by atoms with Crippen LogP contribution in [0.2, 0.25) is 0 Å². The van der Waals surface area contributed by atoms with Crippen molar-refractivity contribution in [2.45, 2.75) is 38.1 Å². The number of nitrogens with one attached hydrogen (secondary N) is 1. The number of urea groups is 1. The van der Waals surface area contributed by atoms with Gasteiger partial charge in [-0.1, -0.05) is 6.92 Å². The number of hydrogen-bond donors (Lipinski definition) is 1. The molecule has 0 aromatic heterocycles. The number of carbonyl (C=O) groups excluding carboxylic acids is 2. The lowest BCUT2D eigenvalue weighted by Gasteiger charge is -2.33. The fraction of sp³-hybridized carbons (Fsp3) is 0.800. The van der Waals surface area contributed by atoms with Crippen LogP contribution in [0.15, 0.2) is 0 Å². The van der Waals surface area contributed by atoms with Crippen molar-refractivity contribution >= 4 is 18.9 Å². The lowest BCUT2D eigenvalue weighted by molar-refractivity contribution is -0.132. The highest BCUT2D eigenvalue weighted by molar-refractivity contribution is 6.59. The second kappa shape index (κ2) is 4.17. The maximum Gasteiger partial charge on any atom is 0.497 e. The molecule has 1 heterocycles. The third-order valence-electron chi connectivity index (χ3n) is 3.76. The zero-order valence-corrected chi connectivity index (χ0v) is 10.1. The minimum atomic E-state index is -5.19. The summed E-state index contributed by atoms with van der Waals surface area (Å²) in [6.45, 7) is -3.15. The molecule has 2 fully saturated rings. The molecular formula is C10H15BF3N2O2-. The molecule has 0 aromatic rings. The highest BCUT2D eigenvalue weighted by Crippen LogP contribution is 2.36. The largest absolute Gasteiger partial charge is 0.497 e. The normalized spacial score (nSPS) is 33.1. The van der Waals surface area contributed by atoms with E-state index >= 15 is 0 Å². The number of nitrogens with zero attached hydrogens (tertiary/aromatic N) is 1. The van der Waals surface area contributed by atoms with Gasteiger partial charge in [0.25, 0.3) is 5.91 Å². The van der Waals surface area contributed by atoms with E-state index in [1.165, 1.54) is 0 Å². The molecule has 1 aliphatic carbocycles. The average Bonchev–Trinajstić information content (AvgIpc) is 2.47. The molecule has 18 heavy (non-hydrogen) atoms. The van der Waals surface area contributed by atoms with Gasteiger partial charge in [-0.3, -0.25) is 9.69 Å². The van der Waals surface area contributed by atoms with Gasteiger partial charge in [0.1, 0.15) is 5.54 Å². The van der Waals surface area contributed by atoms with Crippen molar-refractivity contribution in [3.8, 4) is 0 Å². The van der Waals surface area contributed by atoms with Gasteiger partial charge in [0, 0.05) is 6.44 Å². The maximum atomic E-state index is 12.4. The Morgan fingerprint density at radius 3 is 2.39 bits per heavy atom. The molecule has 102 valence electrons. The molecule has 1 spiro atoms. The second-order valence-electron chi connectivity index (χ2n) is 5.32. The van der Waals surface area contributed by atoms with Crippen molar-refractivity contribution in [1.29, 1.82) is 0 Å². The molecule has 3 amide bonds. The van der Waals surface area contributed by atoms with Crippen molar-refractivity contribution in [2.24, 2.45) is 5.92 Å². The maximum absolute atomic E-state index is 12.4. The van der Waals surface area contributed by atoms with Gasteiger partial charge in [0.05, 0.1) is 0 Å². The van der Waals surface area contributed by atoms with Gasteiger partial charge in [-0.15, -0.1) is 0 Å². The summed E-state index contributed by atoms with van der Waals surface area (Å²) < 4.78 is 37.1. The topological polar surface area (TPSA) is 49.4 Å². The Hall–Kier alpha value is -1.21. The lowest BCUT2D eigenvalue weighted by atomic mass is 9.77. The van der Waals surface area contributed by atoms with Crippen molar-refractivity contribution < 1.29 is 22.5 Å². The number of carbonyl (C=O) groups is 2. The summed E-state index contributed by atoms with van der Waals surface area (Å²) in [6.07, 6.45) is 0.913. The van der Waals surface area contributed by atoms with Crippen LogP contribution in [-0.2, 0) is 4.79 Å². The number of hydrogen-bond acceptors (Lipinski definition) is 2. The van der Waals surface area contributed by atoms with E-state index in [9.17, 15) is 22.5 Å². The fourth-order valence-electron chi connectivity index (χ4n) is 2.64. The van der Waals surface area contributed by atoms with E-state index in [2.05, 4.69) is 5.32 Å². The Bertz CT molecular complexity index is 378. The quantitative estimate of drug-likeness (QED) is 0.610. The van der Waals surface area contributed by atoms with E-state index in [-0.39, 0.29) is 0 Å². The third kappa shape index (κ3) is 2.33. The first-order valence-electron chi connectivity index (χ1n) is 6.09. The van der Waals surface area contributed by atoms with E-state index in [0.29, 0.717) is 23.7 Å². The standard InChI is InChI=1S/C10H15BF3N2O2/c1-7-2-4-10(5-3-7)8(17)16(9(18)15-10)6-11(12,13)14/h7H,2-6H2,1H3,(H,15,18)/q-1. The molecule has 8 heteroatoms. The number of rotatable bonds is 2. The minimum absolute atomic E-state index is 0.315. The Labute approximate surface area is 103 Å². The Morgan fingerprint density at radius 2 is 1.89 bits per heavy atom. The van der Waals surface area contributed by atoms with Crippen LogP contribution in [0.1, 0.15) is 32.6 Å². The molecule has 2 rings (SSSR count). The summed E-state index contributed by atoms with van der Waals surface area (Å²) in [5.41, 5.74) is -1.08. The SMILES string of the molecule is CC1CCC2(CC1)NC(=O)N(C[B-](F)(F)F)C2=O. The molecule has 0 bridgehead atoms. The molecule has 0 unspecified atom stereocenters. The van der Waals surface area contributed by atoms with Crippen molar-refractivity contribution in [1.82, 2.24) is 10.2 Å². The number of halogens is 3. The van der Waals surface area contributed by atoms with E-state index < -0.39 is 30.9 Å². The molecule has 1 aliphatic heterocycles. The van der Waals surface area contributed by atoms with Crippen LogP contribution in [0.5, 0.6) is 0 Å². The molecule has 1 N–H and O–H groups in total. The van der Waals surface area contributed by atoms with Crippen molar-refractivity contribution in [3.05, 3.63) is 0 Å². The lowest BCUT2D eigenvalue weighted by Crippen LogP contribution is -2.50. The fourth-order valence-corrected chi connectivity index (χ4v) is 2.64. The zero-order valence-electron chi connectivity index (χ0n) is 10.1. The molecule has 0 aromatic carbocycles. The summed E-state index contributed by atoms with van der Waals surface area (Å²) in [5, 5.41) is 2.46. The van der Waals surface area contributed by atoms with Crippen molar-refractivity contribution in [3.63, 3.8) is 0 Å². The minimum Gasteiger partial charge on any atom is -0.448 e. The summed E-state index contributed by atoms with van der Waals surface area (Å²) in [5.74, 6) is -0.264. The predicted molar refractivity (Wildman–Crippen MR) is 59.7 cm³/mol. The van der Waals surface area contributed by atoms with Crippen LogP contribution < -0.4 is 5.32 Å². The van der Waals surface area contributed by atoms with Crippen LogP contribution >= 0.6 is 0 Å². The van der Waals surface area contributed by atoms with Gasteiger partial charge in [-0.05, 0) is 31.6 Å². The zero-order chi connectivity index (χ0) is 13.6. The first-order valence-corrected chi connectivity index (χ1v) is 6.09. The molecule has 0 radical (unpaired) electrons. The van der Waals surface area contributed by atoms with Crippen LogP contribution in [0.4, 0.5) is 17.7 Å². The molecular weight excluding hydrogens is 248 g/mol. The molecule has 2 aliphatic rings. The van der Waals surface area contributed by atoms with E-state index in [1.54, 1.807) is 0 Å². The van der Waals surface area contributed by atoms with Gasteiger partial charge in [0.2, 0.25) is 0 Å². The summed E-state index contributed by atoms with van der Waals surface area (Å²) >= 11 is 0. The van der Waals surface area contributed by atoms with Gasteiger partial charge in [-0.25, -0.2) is 4.79 Å². The Morgan fingerprint density at radius 1 is 1.33 bits per heavy atom.